The molecule has 0 bridgehead atoms. The van der Waals surface area contributed by atoms with Crippen LogP contribution in [0.25, 0.3) is 0 Å². The highest BCUT2D eigenvalue weighted by Gasteiger charge is 2.11. The zero-order valence-corrected chi connectivity index (χ0v) is 8.07. The fourth-order valence-electron chi connectivity index (χ4n) is 1.01. The van der Waals surface area contributed by atoms with Gasteiger partial charge in [0.1, 0.15) is 5.82 Å². The summed E-state index contributed by atoms with van der Waals surface area (Å²) in [5.74, 6) is -0.694. The fraction of sp³-hybridized carbons (Fsp3) is 0.444. The lowest BCUT2D eigenvalue weighted by molar-refractivity contribution is 0.0689. The molecular weight excluding hydrogens is 184 g/mol. The molecule has 0 aliphatic carbocycles. The molecule has 2 N–H and O–H groups in total. The van der Waals surface area contributed by atoms with Gasteiger partial charge in [0.15, 0.2) is 5.69 Å². The Kier molecular flexibility index (Phi) is 3.01. The Labute approximate surface area is 80.8 Å². The molecule has 1 aromatic heterocycles. The van der Waals surface area contributed by atoms with Crippen molar-refractivity contribution >= 4 is 5.97 Å². The summed E-state index contributed by atoms with van der Waals surface area (Å²) in [6, 6.07) is 0.980. The highest BCUT2D eigenvalue weighted by molar-refractivity contribution is 5.85. The summed E-state index contributed by atoms with van der Waals surface area (Å²) in [7, 11) is 0. The number of aromatic nitrogens is 2. The number of hydrogen-bond donors (Lipinski definition) is 2. The number of carboxylic acids is 1. The van der Waals surface area contributed by atoms with Gasteiger partial charge in [0.25, 0.3) is 5.56 Å². The number of hydrogen-bond acceptors (Lipinski definition) is 3. The summed E-state index contributed by atoms with van der Waals surface area (Å²) < 4.78 is 0. The Morgan fingerprint density at radius 1 is 1.71 bits per heavy atom. The van der Waals surface area contributed by atoms with Crippen LogP contribution in [0.5, 0.6) is 0 Å². The van der Waals surface area contributed by atoms with Crippen molar-refractivity contribution in [3.05, 3.63) is 27.9 Å². The topological polar surface area (TPSA) is 83.0 Å². The van der Waals surface area contributed by atoms with Gasteiger partial charge in [0.2, 0.25) is 0 Å². The second kappa shape index (κ2) is 4.04. The summed E-state index contributed by atoms with van der Waals surface area (Å²) >= 11 is 0. The van der Waals surface area contributed by atoms with Crippen LogP contribution in [0.3, 0.4) is 0 Å². The first-order chi connectivity index (χ1) is 6.54. The van der Waals surface area contributed by atoms with Crippen LogP contribution in [0.2, 0.25) is 0 Å². The lowest BCUT2D eigenvalue weighted by Crippen LogP contribution is -2.16. The third-order valence-corrected chi connectivity index (χ3v) is 2.06. The molecule has 14 heavy (non-hydrogen) atoms. The largest absolute Gasteiger partial charge is 0.477 e. The van der Waals surface area contributed by atoms with E-state index in [2.05, 4.69) is 9.97 Å². The average molecular weight is 196 g/mol. The van der Waals surface area contributed by atoms with Crippen molar-refractivity contribution in [1.82, 2.24) is 9.97 Å². The van der Waals surface area contributed by atoms with E-state index >= 15 is 0 Å². The maximum atomic E-state index is 11.1. The number of nitrogens with one attached hydrogen (secondary N) is 1. The molecule has 0 fully saturated rings. The summed E-state index contributed by atoms with van der Waals surface area (Å²) in [5.41, 5.74) is -0.628. The number of rotatable bonds is 3. The van der Waals surface area contributed by atoms with E-state index in [0.29, 0.717) is 5.82 Å². The van der Waals surface area contributed by atoms with Crippen molar-refractivity contribution in [2.24, 2.45) is 0 Å². The van der Waals surface area contributed by atoms with E-state index in [0.717, 1.165) is 12.5 Å². The summed E-state index contributed by atoms with van der Waals surface area (Å²) in [6.07, 6.45) is 0.798. The highest BCUT2D eigenvalue weighted by Crippen LogP contribution is 2.12. The molecule has 1 aromatic rings. The molecule has 1 unspecified atom stereocenters. The summed E-state index contributed by atoms with van der Waals surface area (Å²) in [5, 5.41) is 8.67. The molecule has 1 rings (SSSR count). The van der Waals surface area contributed by atoms with Gasteiger partial charge >= 0.3 is 5.97 Å². The number of aromatic amines is 1. The van der Waals surface area contributed by atoms with Crippen molar-refractivity contribution in [1.29, 1.82) is 0 Å². The van der Waals surface area contributed by atoms with Crippen molar-refractivity contribution in [3.8, 4) is 0 Å². The van der Waals surface area contributed by atoms with Crippen LogP contribution in [0, 0.1) is 0 Å². The monoisotopic (exact) mass is 196 g/mol. The van der Waals surface area contributed by atoms with Gasteiger partial charge in [0.05, 0.1) is 0 Å². The van der Waals surface area contributed by atoms with Gasteiger partial charge in [-0.25, -0.2) is 9.78 Å². The van der Waals surface area contributed by atoms with E-state index in [1.807, 2.05) is 13.8 Å². The second-order valence-corrected chi connectivity index (χ2v) is 3.13. The van der Waals surface area contributed by atoms with Gasteiger partial charge in [0, 0.05) is 12.0 Å². The van der Waals surface area contributed by atoms with E-state index in [-0.39, 0.29) is 11.6 Å². The molecule has 0 amide bonds. The second-order valence-electron chi connectivity index (χ2n) is 3.13. The van der Waals surface area contributed by atoms with E-state index < -0.39 is 11.5 Å². The first-order valence-electron chi connectivity index (χ1n) is 4.39. The molecule has 1 heterocycles. The standard InChI is InChI=1S/C9H12N2O3/c1-3-5(2)8-10-6(9(13)14)4-7(12)11-8/h4-5H,3H2,1-2H3,(H,13,14)(H,10,11,12). The van der Waals surface area contributed by atoms with E-state index in [4.69, 9.17) is 5.11 Å². The normalized spacial score (nSPS) is 12.4. The maximum absolute atomic E-state index is 11.1. The molecule has 5 nitrogen and oxygen atoms in total. The molecule has 0 aliphatic heterocycles. The lowest BCUT2D eigenvalue weighted by atomic mass is 10.1. The summed E-state index contributed by atoms with van der Waals surface area (Å²) in [6.45, 7) is 3.82. The number of carboxylic acid groups (broad SMARTS) is 1. The number of nitrogens with zero attached hydrogens (tertiary/aromatic N) is 1. The van der Waals surface area contributed by atoms with Crippen molar-refractivity contribution in [2.45, 2.75) is 26.2 Å². The van der Waals surface area contributed by atoms with Crippen LogP contribution in [0.4, 0.5) is 0 Å². The quantitative estimate of drug-likeness (QED) is 0.754. The minimum Gasteiger partial charge on any atom is -0.477 e. The zero-order chi connectivity index (χ0) is 10.7. The molecule has 0 saturated carbocycles. The zero-order valence-electron chi connectivity index (χ0n) is 8.07. The van der Waals surface area contributed by atoms with Gasteiger partial charge < -0.3 is 10.1 Å². The lowest BCUT2D eigenvalue weighted by Gasteiger charge is -2.07. The SMILES string of the molecule is CCC(C)c1nc(C(=O)O)cc(=O)[nH]1. The van der Waals surface area contributed by atoms with Crippen molar-refractivity contribution in [2.75, 3.05) is 0 Å². The van der Waals surface area contributed by atoms with Crippen molar-refractivity contribution < 1.29 is 9.90 Å². The van der Waals surface area contributed by atoms with Crippen LogP contribution in [0.15, 0.2) is 10.9 Å². The minimum atomic E-state index is -1.18. The molecule has 1 atom stereocenters. The predicted octanol–water partition coefficient (Wildman–Crippen LogP) is 0.982. The highest BCUT2D eigenvalue weighted by atomic mass is 16.4. The van der Waals surface area contributed by atoms with Crippen LogP contribution < -0.4 is 5.56 Å². The molecule has 0 radical (unpaired) electrons. The molecular formula is C9H12N2O3. The Hall–Kier alpha value is -1.65. The van der Waals surface area contributed by atoms with Gasteiger partial charge in [-0.1, -0.05) is 13.8 Å². The Bertz CT molecular complexity index is 397. The van der Waals surface area contributed by atoms with E-state index in [9.17, 15) is 9.59 Å². The molecule has 5 heteroatoms. The van der Waals surface area contributed by atoms with Crippen LogP contribution in [-0.2, 0) is 0 Å². The third-order valence-electron chi connectivity index (χ3n) is 2.06. The summed E-state index contributed by atoms with van der Waals surface area (Å²) in [4.78, 5) is 28.1. The smallest absolute Gasteiger partial charge is 0.354 e. The Morgan fingerprint density at radius 2 is 2.36 bits per heavy atom. The Balaban J connectivity index is 3.20. The molecule has 0 aromatic carbocycles. The maximum Gasteiger partial charge on any atom is 0.354 e. The van der Waals surface area contributed by atoms with E-state index in [1.165, 1.54) is 0 Å². The third kappa shape index (κ3) is 2.18. The first kappa shape index (κ1) is 10.4. The number of aromatic carboxylic acids is 1. The van der Waals surface area contributed by atoms with Crippen molar-refractivity contribution in [3.63, 3.8) is 0 Å². The molecule has 76 valence electrons. The van der Waals surface area contributed by atoms with Gasteiger partial charge in [-0.15, -0.1) is 0 Å². The first-order valence-corrected chi connectivity index (χ1v) is 4.39. The molecule has 0 aliphatic rings. The predicted molar refractivity (Wildman–Crippen MR) is 50.5 cm³/mol. The van der Waals surface area contributed by atoms with Crippen LogP contribution in [0.1, 0.15) is 42.5 Å². The number of carbonyl (C=O) groups is 1. The van der Waals surface area contributed by atoms with Gasteiger partial charge in [-0.3, -0.25) is 4.79 Å². The minimum absolute atomic E-state index is 0.0574. The Morgan fingerprint density at radius 3 is 2.86 bits per heavy atom. The number of H-pyrrole nitrogens is 1. The van der Waals surface area contributed by atoms with Crippen LogP contribution in [-0.4, -0.2) is 21.0 Å². The molecule has 0 spiro atoms. The van der Waals surface area contributed by atoms with Gasteiger partial charge in [-0.05, 0) is 6.42 Å². The molecule has 0 saturated heterocycles. The van der Waals surface area contributed by atoms with Gasteiger partial charge in [-0.2, -0.15) is 0 Å². The van der Waals surface area contributed by atoms with Crippen LogP contribution >= 0.6 is 0 Å². The van der Waals surface area contributed by atoms with E-state index in [1.54, 1.807) is 0 Å². The fourth-order valence-corrected chi connectivity index (χ4v) is 1.01. The average Bonchev–Trinajstić information content (AvgIpc) is 2.15.